The maximum Gasteiger partial charge on any atom is 0.275 e. The van der Waals surface area contributed by atoms with Gasteiger partial charge in [0.15, 0.2) is 5.13 Å². The number of carbonyl (C=O) groups excluding carboxylic acids is 1. The number of thiazole rings is 1. The van der Waals surface area contributed by atoms with Crippen molar-refractivity contribution in [2.75, 3.05) is 5.32 Å². The van der Waals surface area contributed by atoms with E-state index in [1.54, 1.807) is 17.4 Å². The number of anilines is 1. The fourth-order valence-electron chi connectivity index (χ4n) is 2.76. The fourth-order valence-corrected chi connectivity index (χ4v) is 3.81. The molecule has 0 unspecified atom stereocenters. The third-order valence-corrected chi connectivity index (χ3v) is 5.03. The summed E-state index contributed by atoms with van der Waals surface area (Å²) in [4.78, 5) is 18.2. The maximum atomic E-state index is 12.4. The highest BCUT2D eigenvalue weighted by atomic mass is 32.1. The van der Waals surface area contributed by atoms with Crippen molar-refractivity contribution in [1.29, 1.82) is 0 Å². The number of fused-ring (bicyclic) bond motifs is 1. The smallest absolute Gasteiger partial charge is 0.275 e. The normalized spacial score (nSPS) is 13.6. The number of nitrogens with one attached hydrogen (secondary N) is 2. The van der Waals surface area contributed by atoms with Gasteiger partial charge in [-0.3, -0.25) is 15.2 Å². The van der Waals surface area contributed by atoms with Crippen LogP contribution in [0.3, 0.4) is 0 Å². The van der Waals surface area contributed by atoms with E-state index in [1.807, 2.05) is 30.3 Å². The van der Waals surface area contributed by atoms with Crippen LogP contribution in [0.4, 0.5) is 5.13 Å². The molecule has 1 amide bonds. The van der Waals surface area contributed by atoms with Gasteiger partial charge in [0, 0.05) is 10.4 Å². The molecule has 2 N–H and O–H groups in total. The van der Waals surface area contributed by atoms with E-state index < -0.39 is 0 Å². The van der Waals surface area contributed by atoms with Crippen molar-refractivity contribution >= 4 is 22.4 Å². The molecule has 2 aromatic heterocycles. The lowest BCUT2D eigenvalue weighted by Crippen LogP contribution is -2.12. The molecule has 23 heavy (non-hydrogen) atoms. The number of aromatic amines is 1. The lowest BCUT2D eigenvalue weighted by Gasteiger charge is -2.06. The first kappa shape index (κ1) is 14.1. The molecule has 5 nitrogen and oxygen atoms in total. The van der Waals surface area contributed by atoms with Crippen molar-refractivity contribution in [2.24, 2.45) is 0 Å². The van der Waals surface area contributed by atoms with E-state index in [2.05, 4.69) is 20.5 Å². The van der Waals surface area contributed by atoms with Crippen LogP contribution in [0.25, 0.3) is 11.3 Å². The zero-order chi connectivity index (χ0) is 15.6. The summed E-state index contributed by atoms with van der Waals surface area (Å²) in [6.45, 7) is 0. The predicted molar refractivity (Wildman–Crippen MR) is 90.7 cm³/mol. The fraction of sp³-hybridized carbons (Fsp3) is 0.235. The third kappa shape index (κ3) is 2.90. The second-order valence-electron chi connectivity index (χ2n) is 5.58. The zero-order valence-corrected chi connectivity index (χ0v) is 13.3. The van der Waals surface area contributed by atoms with Crippen LogP contribution in [0.1, 0.15) is 33.9 Å². The number of hydrogen-bond acceptors (Lipinski definition) is 4. The number of benzene rings is 1. The summed E-state index contributed by atoms with van der Waals surface area (Å²) in [6.07, 6.45) is 4.49. The van der Waals surface area contributed by atoms with Gasteiger partial charge in [-0.15, -0.1) is 11.3 Å². The first-order valence-corrected chi connectivity index (χ1v) is 8.52. The molecule has 3 aromatic rings. The van der Waals surface area contributed by atoms with Crippen LogP contribution < -0.4 is 5.32 Å². The van der Waals surface area contributed by atoms with Crippen molar-refractivity contribution in [3.63, 3.8) is 0 Å². The molecule has 2 heterocycles. The number of hydrogen-bond donors (Lipinski definition) is 2. The Morgan fingerprint density at radius 3 is 2.83 bits per heavy atom. The molecule has 6 heteroatoms. The quantitative estimate of drug-likeness (QED) is 0.772. The Hall–Kier alpha value is -2.47. The maximum absolute atomic E-state index is 12.4. The molecule has 0 fully saturated rings. The lowest BCUT2D eigenvalue weighted by atomic mass is 10.0. The predicted octanol–water partition coefficient (Wildman–Crippen LogP) is 3.66. The van der Waals surface area contributed by atoms with Crippen molar-refractivity contribution in [3.8, 4) is 11.3 Å². The van der Waals surface area contributed by atoms with E-state index in [9.17, 15) is 4.79 Å². The molecule has 0 bridgehead atoms. The van der Waals surface area contributed by atoms with Gasteiger partial charge < -0.3 is 0 Å². The molecule has 0 atom stereocenters. The number of rotatable bonds is 3. The molecule has 116 valence electrons. The molecule has 0 spiro atoms. The average molecular weight is 324 g/mol. The number of H-pyrrole nitrogens is 1. The van der Waals surface area contributed by atoms with E-state index in [-0.39, 0.29) is 5.91 Å². The topological polar surface area (TPSA) is 70.7 Å². The van der Waals surface area contributed by atoms with Gasteiger partial charge in [0.05, 0.1) is 11.4 Å². The Balaban J connectivity index is 1.51. The zero-order valence-electron chi connectivity index (χ0n) is 12.5. The Morgan fingerprint density at radius 1 is 1.17 bits per heavy atom. The molecule has 4 rings (SSSR count). The van der Waals surface area contributed by atoms with Crippen LogP contribution >= 0.6 is 11.3 Å². The van der Waals surface area contributed by atoms with E-state index in [4.69, 9.17) is 0 Å². The molecule has 0 radical (unpaired) electrons. The van der Waals surface area contributed by atoms with Crippen LogP contribution in [0.15, 0.2) is 36.4 Å². The second kappa shape index (κ2) is 5.96. The van der Waals surface area contributed by atoms with Crippen molar-refractivity contribution in [2.45, 2.75) is 25.7 Å². The lowest BCUT2D eigenvalue weighted by molar-refractivity contribution is 0.102. The monoisotopic (exact) mass is 324 g/mol. The summed E-state index contributed by atoms with van der Waals surface area (Å²) in [7, 11) is 0. The third-order valence-electron chi connectivity index (χ3n) is 3.96. The van der Waals surface area contributed by atoms with Crippen molar-refractivity contribution < 1.29 is 4.79 Å². The minimum Gasteiger partial charge on any atom is -0.296 e. The van der Waals surface area contributed by atoms with Crippen LogP contribution in [-0.4, -0.2) is 21.1 Å². The summed E-state index contributed by atoms with van der Waals surface area (Å²) in [6, 6.07) is 11.5. The van der Waals surface area contributed by atoms with Gasteiger partial charge in [-0.2, -0.15) is 5.10 Å². The molecule has 0 saturated heterocycles. The van der Waals surface area contributed by atoms with Crippen molar-refractivity contribution in [3.05, 3.63) is 52.7 Å². The van der Waals surface area contributed by atoms with E-state index >= 15 is 0 Å². The summed E-state index contributed by atoms with van der Waals surface area (Å²) in [5.41, 5.74) is 3.32. The minimum atomic E-state index is -0.203. The van der Waals surface area contributed by atoms with Gasteiger partial charge >= 0.3 is 0 Å². The first-order chi connectivity index (χ1) is 11.3. The molecular weight excluding hydrogens is 308 g/mol. The Labute approximate surface area is 137 Å². The standard InChI is InChI=1S/C17H16N4OS/c22-16(19-17-18-12-8-4-5-9-15(12)23-17)14-10-13(20-21-14)11-6-2-1-3-7-11/h1-3,6-7,10H,4-5,8-9H2,(H,20,21)(H,18,19,22). The summed E-state index contributed by atoms with van der Waals surface area (Å²) < 4.78 is 0. The summed E-state index contributed by atoms with van der Waals surface area (Å²) >= 11 is 1.58. The molecule has 0 saturated carbocycles. The molecule has 0 aliphatic heterocycles. The van der Waals surface area contributed by atoms with E-state index in [1.165, 1.54) is 17.7 Å². The Morgan fingerprint density at radius 2 is 2.00 bits per heavy atom. The van der Waals surface area contributed by atoms with Gasteiger partial charge in [-0.05, 0) is 31.7 Å². The molecule has 1 aromatic carbocycles. The number of aromatic nitrogens is 3. The highest BCUT2D eigenvalue weighted by molar-refractivity contribution is 7.15. The SMILES string of the molecule is O=C(Nc1nc2c(s1)CCCC2)c1cc(-c2ccccc2)n[nH]1. The highest BCUT2D eigenvalue weighted by Gasteiger charge is 2.18. The summed E-state index contributed by atoms with van der Waals surface area (Å²) in [5.74, 6) is -0.203. The van der Waals surface area contributed by atoms with Crippen LogP contribution in [-0.2, 0) is 12.8 Å². The number of amides is 1. The van der Waals surface area contributed by atoms with E-state index in [0.717, 1.165) is 29.8 Å². The van der Waals surface area contributed by atoms with Crippen molar-refractivity contribution in [1.82, 2.24) is 15.2 Å². The van der Waals surface area contributed by atoms with Gasteiger partial charge in [-0.25, -0.2) is 4.98 Å². The van der Waals surface area contributed by atoms with Gasteiger partial charge in [-0.1, -0.05) is 30.3 Å². The molecule has 1 aliphatic rings. The van der Waals surface area contributed by atoms with Crippen LogP contribution in [0, 0.1) is 0 Å². The Bertz CT molecular complexity index is 814. The number of nitrogens with zero attached hydrogens (tertiary/aromatic N) is 2. The molecular formula is C17H16N4OS. The number of aryl methyl sites for hydroxylation is 2. The van der Waals surface area contributed by atoms with Gasteiger partial charge in [0.1, 0.15) is 5.69 Å². The molecule has 1 aliphatic carbocycles. The largest absolute Gasteiger partial charge is 0.296 e. The highest BCUT2D eigenvalue weighted by Crippen LogP contribution is 2.29. The van der Waals surface area contributed by atoms with Crippen LogP contribution in [0.2, 0.25) is 0 Å². The number of carbonyl (C=O) groups is 1. The second-order valence-corrected chi connectivity index (χ2v) is 6.67. The first-order valence-electron chi connectivity index (χ1n) is 7.70. The Kier molecular flexibility index (Phi) is 3.67. The van der Waals surface area contributed by atoms with Gasteiger partial charge in [0.25, 0.3) is 5.91 Å². The van der Waals surface area contributed by atoms with E-state index in [0.29, 0.717) is 10.8 Å². The summed E-state index contributed by atoms with van der Waals surface area (Å²) in [5, 5.41) is 10.6. The minimum absolute atomic E-state index is 0.203. The van der Waals surface area contributed by atoms with Gasteiger partial charge in [0.2, 0.25) is 0 Å². The van der Waals surface area contributed by atoms with Crippen LogP contribution in [0.5, 0.6) is 0 Å². The average Bonchev–Trinajstić information content (AvgIpc) is 3.22.